The van der Waals surface area contributed by atoms with Gasteiger partial charge in [0.1, 0.15) is 11.2 Å². The van der Waals surface area contributed by atoms with Gasteiger partial charge in [-0.1, -0.05) is 6.08 Å². The van der Waals surface area contributed by atoms with E-state index in [2.05, 4.69) is 17.0 Å². The fourth-order valence-electron chi connectivity index (χ4n) is 4.74. The van der Waals surface area contributed by atoms with Gasteiger partial charge in [0, 0.05) is 24.2 Å². The van der Waals surface area contributed by atoms with E-state index in [0.717, 1.165) is 30.6 Å². The third-order valence-electron chi connectivity index (χ3n) is 6.71. The van der Waals surface area contributed by atoms with Crippen LogP contribution < -0.4 is 0 Å². The lowest BCUT2D eigenvalue weighted by Crippen LogP contribution is -2.47. The summed E-state index contributed by atoms with van der Waals surface area (Å²) >= 11 is 0. The number of ether oxygens (including phenoxy) is 2. The summed E-state index contributed by atoms with van der Waals surface area (Å²) in [6, 6.07) is 0.250. The quantitative estimate of drug-likeness (QED) is 0.563. The van der Waals surface area contributed by atoms with E-state index >= 15 is 0 Å². The van der Waals surface area contributed by atoms with Crippen molar-refractivity contribution in [3.63, 3.8) is 0 Å². The minimum atomic E-state index is -0.700. The van der Waals surface area contributed by atoms with Crippen molar-refractivity contribution in [2.45, 2.75) is 116 Å². The summed E-state index contributed by atoms with van der Waals surface area (Å²) in [5, 5.41) is 14.9. The van der Waals surface area contributed by atoms with Crippen LogP contribution in [0, 0.1) is 5.92 Å². The Hall–Kier alpha value is -2.35. The van der Waals surface area contributed by atoms with E-state index in [-0.39, 0.29) is 24.6 Å². The maximum Gasteiger partial charge on any atom is 0.419 e. The van der Waals surface area contributed by atoms with Gasteiger partial charge in [0.15, 0.2) is 0 Å². The lowest BCUT2D eigenvalue weighted by Gasteiger charge is -2.38. The summed E-state index contributed by atoms with van der Waals surface area (Å²) in [4.78, 5) is 26.7. The summed E-state index contributed by atoms with van der Waals surface area (Å²) in [5.74, 6) is 0.714. The molecule has 3 aliphatic rings. The number of carbonyl (C=O) groups excluding carboxylic acids is 2. The normalized spacial score (nSPS) is 24.9. The van der Waals surface area contributed by atoms with Crippen LogP contribution in [0.4, 0.5) is 9.59 Å². The van der Waals surface area contributed by atoms with Crippen molar-refractivity contribution in [2.75, 3.05) is 6.54 Å². The Balaban J connectivity index is 1.42. The topological polar surface area (TPSA) is 93.9 Å². The van der Waals surface area contributed by atoms with E-state index in [1.807, 2.05) is 0 Å². The predicted octanol–water partition coefficient (Wildman–Crippen LogP) is 5.81. The molecule has 0 spiro atoms. The van der Waals surface area contributed by atoms with Crippen molar-refractivity contribution in [3.05, 3.63) is 23.5 Å². The molecule has 1 aromatic rings. The highest BCUT2D eigenvalue weighted by atomic mass is 16.6. The molecule has 2 amide bonds. The summed E-state index contributed by atoms with van der Waals surface area (Å²) in [6.45, 7) is 11.0. The Morgan fingerprint density at radius 1 is 1.06 bits per heavy atom. The summed E-state index contributed by atoms with van der Waals surface area (Å²) < 4.78 is 13.1. The molecule has 0 radical (unpaired) electrons. The molecule has 2 saturated carbocycles. The molecule has 1 unspecified atom stereocenters. The SMILES string of the molecule is CC(C)(C)OC(=O)N(C[C@H]1C[C@H](n2cc(C3=CCC(O)CC3)c(C3CC3)n2)C1)C(=O)OC(C)(C)C. The summed E-state index contributed by atoms with van der Waals surface area (Å²) in [5.41, 5.74) is 2.34. The standard InChI is InChI=1S/C27H41N3O5/c1-26(2,3)34-24(32)29(25(33)35-27(4,5)6)15-17-13-20(14-17)30-16-22(23(28-30)19-7-8-19)18-9-11-21(31)12-10-18/h9,16-17,19-21,31H,7-8,10-15H2,1-6H3/t17-,20-,21?. The van der Waals surface area contributed by atoms with E-state index in [0.29, 0.717) is 12.3 Å². The van der Waals surface area contributed by atoms with Crippen LogP contribution in [-0.2, 0) is 9.47 Å². The number of carbonyl (C=O) groups is 2. The van der Waals surface area contributed by atoms with Crippen LogP contribution in [0.3, 0.4) is 0 Å². The number of allylic oxidation sites excluding steroid dienone is 1. The molecular formula is C27H41N3O5. The Bertz CT molecular complexity index is 946. The highest BCUT2D eigenvalue weighted by molar-refractivity contribution is 5.88. The van der Waals surface area contributed by atoms with Gasteiger partial charge in [-0.05, 0) is 98.0 Å². The van der Waals surface area contributed by atoms with E-state index in [9.17, 15) is 14.7 Å². The molecule has 0 saturated heterocycles. The molecule has 1 N–H and O–H groups in total. The highest BCUT2D eigenvalue weighted by Crippen LogP contribution is 2.46. The van der Waals surface area contributed by atoms with Crippen LogP contribution in [-0.4, -0.2) is 55.8 Å². The first-order chi connectivity index (χ1) is 16.3. The second-order valence-corrected chi connectivity index (χ2v) is 12.4. The second kappa shape index (κ2) is 9.60. The molecule has 3 aliphatic carbocycles. The summed E-state index contributed by atoms with van der Waals surface area (Å²) in [7, 11) is 0. The molecule has 1 aromatic heterocycles. The number of aliphatic hydroxyl groups excluding tert-OH is 1. The zero-order valence-electron chi connectivity index (χ0n) is 22.0. The lowest BCUT2D eigenvalue weighted by molar-refractivity contribution is -0.00642. The number of rotatable bonds is 5. The van der Waals surface area contributed by atoms with Crippen LogP contribution in [0.25, 0.3) is 5.57 Å². The Morgan fingerprint density at radius 2 is 1.66 bits per heavy atom. The van der Waals surface area contributed by atoms with Gasteiger partial charge in [-0.2, -0.15) is 5.10 Å². The first kappa shape index (κ1) is 25.7. The fraction of sp³-hybridized carbons (Fsp3) is 0.741. The van der Waals surface area contributed by atoms with E-state index < -0.39 is 23.4 Å². The van der Waals surface area contributed by atoms with E-state index in [1.165, 1.54) is 29.7 Å². The lowest BCUT2D eigenvalue weighted by atomic mass is 9.80. The molecule has 0 aromatic carbocycles. The third-order valence-corrected chi connectivity index (χ3v) is 6.71. The van der Waals surface area contributed by atoms with E-state index in [4.69, 9.17) is 14.6 Å². The average Bonchev–Trinajstić information content (AvgIpc) is 3.44. The molecule has 1 atom stereocenters. The minimum absolute atomic E-state index is 0.168. The molecule has 8 heteroatoms. The molecule has 2 fully saturated rings. The van der Waals surface area contributed by atoms with Gasteiger partial charge in [-0.15, -0.1) is 0 Å². The number of aliphatic hydroxyl groups is 1. The van der Waals surface area contributed by atoms with Gasteiger partial charge >= 0.3 is 12.2 Å². The van der Waals surface area contributed by atoms with Crippen molar-refractivity contribution in [1.29, 1.82) is 0 Å². The molecule has 1 heterocycles. The summed E-state index contributed by atoms with van der Waals surface area (Å²) in [6.07, 6.45) is 9.24. The first-order valence-corrected chi connectivity index (χ1v) is 13.0. The van der Waals surface area contributed by atoms with Crippen LogP contribution in [0.5, 0.6) is 0 Å². The van der Waals surface area contributed by atoms with Gasteiger partial charge in [0.2, 0.25) is 0 Å². The van der Waals surface area contributed by atoms with Crippen LogP contribution in [0.15, 0.2) is 12.3 Å². The number of nitrogens with zero attached hydrogens (tertiary/aromatic N) is 3. The van der Waals surface area contributed by atoms with Crippen LogP contribution in [0.2, 0.25) is 0 Å². The van der Waals surface area contributed by atoms with Crippen molar-refractivity contribution in [3.8, 4) is 0 Å². The van der Waals surface area contributed by atoms with Gasteiger partial charge < -0.3 is 14.6 Å². The average molecular weight is 488 g/mol. The zero-order chi connectivity index (χ0) is 25.5. The zero-order valence-corrected chi connectivity index (χ0v) is 22.0. The molecule has 35 heavy (non-hydrogen) atoms. The molecular weight excluding hydrogens is 446 g/mol. The molecule has 8 nitrogen and oxygen atoms in total. The number of aromatic nitrogens is 2. The molecule has 0 aliphatic heterocycles. The molecule has 0 bridgehead atoms. The smallest absolute Gasteiger partial charge is 0.419 e. The van der Waals surface area contributed by atoms with Crippen molar-refractivity contribution >= 4 is 17.8 Å². The molecule has 4 rings (SSSR count). The van der Waals surface area contributed by atoms with Crippen LogP contribution in [0.1, 0.15) is 110 Å². The van der Waals surface area contributed by atoms with E-state index in [1.54, 1.807) is 41.5 Å². The number of imide groups is 1. The highest BCUT2D eigenvalue weighted by Gasteiger charge is 2.39. The largest absolute Gasteiger partial charge is 0.443 e. The van der Waals surface area contributed by atoms with Gasteiger partial charge in [0.25, 0.3) is 0 Å². The molecule has 194 valence electrons. The Morgan fingerprint density at radius 3 is 2.14 bits per heavy atom. The van der Waals surface area contributed by atoms with Crippen molar-refractivity contribution in [2.24, 2.45) is 5.92 Å². The maximum atomic E-state index is 12.8. The van der Waals surface area contributed by atoms with Gasteiger partial charge in [-0.25, -0.2) is 14.5 Å². The van der Waals surface area contributed by atoms with Gasteiger partial charge in [-0.3, -0.25) is 4.68 Å². The minimum Gasteiger partial charge on any atom is -0.443 e. The number of amides is 2. The monoisotopic (exact) mass is 487 g/mol. The number of hydrogen-bond acceptors (Lipinski definition) is 6. The fourth-order valence-corrected chi connectivity index (χ4v) is 4.74. The Kier molecular flexibility index (Phi) is 7.06. The first-order valence-electron chi connectivity index (χ1n) is 13.0. The second-order valence-electron chi connectivity index (χ2n) is 12.4. The van der Waals surface area contributed by atoms with Crippen LogP contribution >= 0.6 is 0 Å². The van der Waals surface area contributed by atoms with Crippen molar-refractivity contribution < 1.29 is 24.2 Å². The number of hydrogen-bond donors (Lipinski definition) is 1. The Labute approximate surface area is 208 Å². The van der Waals surface area contributed by atoms with Gasteiger partial charge in [0.05, 0.1) is 17.8 Å². The third kappa shape index (κ3) is 6.66. The maximum absolute atomic E-state index is 12.8. The predicted molar refractivity (Wildman–Crippen MR) is 133 cm³/mol. The van der Waals surface area contributed by atoms with Crippen molar-refractivity contribution in [1.82, 2.24) is 14.7 Å².